The normalized spacial score (nSPS) is 15.7. The van der Waals surface area contributed by atoms with Crippen molar-refractivity contribution >= 4 is 11.9 Å². The lowest BCUT2D eigenvalue weighted by atomic mass is 9.95. The maximum Gasteiger partial charge on any atom is 0.221 e. The molecule has 0 spiro atoms. The second-order valence-electron chi connectivity index (χ2n) is 6.91. The number of hydrogen-bond acceptors (Lipinski definition) is 2. The summed E-state index contributed by atoms with van der Waals surface area (Å²) in [7, 11) is 3.79. The monoisotopic (exact) mass is 344 g/mol. The van der Waals surface area contributed by atoms with Gasteiger partial charge in [0.05, 0.1) is 0 Å². The third-order valence-corrected chi connectivity index (χ3v) is 4.85. The highest BCUT2D eigenvalue weighted by molar-refractivity contribution is 5.81. The molecule has 2 rings (SSSR count). The van der Waals surface area contributed by atoms with Gasteiger partial charge in [0.15, 0.2) is 5.96 Å². The van der Waals surface area contributed by atoms with E-state index in [0.29, 0.717) is 19.0 Å². The summed E-state index contributed by atoms with van der Waals surface area (Å²) in [6.45, 7) is 3.51. The van der Waals surface area contributed by atoms with Gasteiger partial charge >= 0.3 is 0 Å². The Morgan fingerprint density at radius 2 is 1.96 bits per heavy atom. The van der Waals surface area contributed by atoms with Crippen LogP contribution in [-0.2, 0) is 11.3 Å². The minimum atomic E-state index is 0.136. The molecule has 1 saturated carbocycles. The molecular weight excluding hydrogens is 312 g/mol. The molecule has 0 aromatic heterocycles. The molecule has 1 fully saturated rings. The Bertz CT molecular complexity index is 579. The van der Waals surface area contributed by atoms with E-state index in [2.05, 4.69) is 51.7 Å². The first kappa shape index (κ1) is 19.3. The molecule has 0 saturated heterocycles. The topological polar surface area (TPSA) is 56.7 Å². The van der Waals surface area contributed by atoms with Crippen molar-refractivity contribution in [2.75, 3.05) is 20.6 Å². The first-order chi connectivity index (χ1) is 12.1. The van der Waals surface area contributed by atoms with E-state index in [1.165, 1.54) is 30.4 Å². The first-order valence-electron chi connectivity index (χ1n) is 9.36. The van der Waals surface area contributed by atoms with E-state index in [4.69, 9.17) is 0 Å². The number of hydrogen-bond donors (Lipinski definition) is 2. The lowest BCUT2D eigenvalue weighted by molar-refractivity contribution is -0.121. The third-order valence-electron chi connectivity index (χ3n) is 4.85. The molecule has 25 heavy (non-hydrogen) atoms. The van der Waals surface area contributed by atoms with Crippen molar-refractivity contribution in [1.82, 2.24) is 15.5 Å². The Balaban J connectivity index is 1.74. The molecule has 1 aromatic carbocycles. The van der Waals surface area contributed by atoms with Gasteiger partial charge in [0, 0.05) is 39.6 Å². The summed E-state index contributed by atoms with van der Waals surface area (Å²) in [5, 5.41) is 6.45. The predicted molar refractivity (Wildman–Crippen MR) is 104 cm³/mol. The lowest BCUT2D eigenvalue weighted by Crippen LogP contribution is -2.41. The average molecular weight is 345 g/mol. The number of aliphatic imine (C=N–C) groups is 1. The maximum atomic E-state index is 12.1. The van der Waals surface area contributed by atoms with E-state index < -0.39 is 0 Å². The number of guanidine groups is 1. The molecular formula is C20H32N4O. The fraction of sp³-hybridized carbons (Fsp3) is 0.600. The van der Waals surface area contributed by atoms with Gasteiger partial charge in [-0.3, -0.25) is 9.79 Å². The Kier molecular flexibility index (Phi) is 7.76. The summed E-state index contributed by atoms with van der Waals surface area (Å²) < 4.78 is 0. The van der Waals surface area contributed by atoms with E-state index in [0.717, 1.165) is 25.3 Å². The Morgan fingerprint density at radius 3 is 2.64 bits per heavy atom. The molecule has 0 aliphatic heterocycles. The average Bonchev–Trinajstić information content (AvgIpc) is 2.61. The minimum Gasteiger partial charge on any atom is -0.356 e. The van der Waals surface area contributed by atoms with Gasteiger partial charge in [0.2, 0.25) is 5.91 Å². The zero-order chi connectivity index (χ0) is 18.1. The molecule has 138 valence electrons. The largest absolute Gasteiger partial charge is 0.356 e. The second-order valence-corrected chi connectivity index (χ2v) is 6.91. The summed E-state index contributed by atoms with van der Waals surface area (Å²) >= 11 is 0. The van der Waals surface area contributed by atoms with E-state index in [9.17, 15) is 4.79 Å². The predicted octanol–water partition coefficient (Wildman–Crippen LogP) is 2.84. The highest BCUT2D eigenvalue weighted by atomic mass is 16.1. The molecule has 0 radical (unpaired) electrons. The van der Waals surface area contributed by atoms with Crippen LogP contribution in [0.15, 0.2) is 29.3 Å². The van der Waals surface area contributed by atoms with Crippen molar-refractivity contribution in [2.24, 2.45) is 4.99 Å². The standard InChI is InChI=1S/C20H32N4O/c1-16-9-7-8-10-17(16)15-24(3)20(21-2)22-14-13-19(25)23-18-11-5-4-6-12-18/h7-10,18H,4-6,11-15H2,1-3H3,(H,21,22)(H,23,25). The first-order valence-corrected chi connectivity index (χ1v) is 9.36. The highest BCUT2D eigenvalue weighted by Crippen LogP contribution is 2.17. The summed E-state index contributed by atoms with van der Waals surface area (Å²) in [5.74, 6) is 0.949. The molecule has 1 aliphatic carbocycles. The molecule has 5 nitrogen and oxygen atoms in total. The van der Waals surface area contributed by atoms with Gasteiger partial charge in [-0.25, -0.2) is 0 Å². The number of amides is 1. The number of nitrogens with zero attached hydrogens (tertiary/aromatic N) is 2. The number of carbonyl (C=O) groups is 1. The van der Waals surface area contributed by atoms with Crippen molar-refractivity contribution in [3.05, 3.63) is 35.4 Å². The van der Waals surface area contributed by atoms with Crippen molar-refractivity contribution in [2.45, 2.75) is 58.0 Å². The van der Waals surface area contributed by atoms with Gasteiger partial charge < -0.3 is 15.5 Å². The molecule has 5 heteroatoms. The van der Waals surface area contributed by atoms with Crippen LogP contribution >= 0.6 is 0 Å². The molecule has 0 unspecified atom stereocenters. The van der Waals surface area contributed by atoms with Crippen LogP contribution in [0.4, 0.5) is 0 Å². The van der Waals surface area contributed by atoms with Crippen LogP contribution in [-0.4, -0.2) is 43.4 Å². The smallest absolute Gasteiger partial charge is 0.221 e. The Hall–Kier alpha value is -2.04. The molecule has 1 aliphatic rings. The van der Waals surface area contributed by atoms with Gasteiger partial charge in [-0.2, -0.15) is 0 Å². The van der Waals surface area contributed by atoms with Crippen LogP contribution in [0.3, 0.4) is 0 Å². The van der Waals surface area contributed by atoms with Crippen molar-refractivity contribution < 1.29 is 4.79 Å². The van der Waals surface area contributed by atoms with E-state index >= 15 is 0 Å². The fourth-order valence-corrected chi connectivity index (χ4v) is 3.34. The fourth-order valence-electron chi connectivity index (χ4n) is 3.34. The van der Waals surface area contributed by atoms with Crippen molar-refractivity contribution in [1.29, 1.82) is 0 Å². The highest BCUT2D eigenvalue weighted by Gasteiger charge is 2.15. The summed E-state index contributed by atoms with van der Waals surface area (Å²) in [4.78, 5) is 18.5. The summed E-state index contributed by atoms with van der Waals surface area (Å²) in [5.41, 5.74) is 2.56. The maximum absolute atomic E-state index is 12.1. The molecule has 2 N–H and O–H groups in total. The van der Waals surface area contributed by atoms with Crippen molar-refractivity contribution in [3.8, 4) is 0 Å². The van der Waals surface area contributed by atoms with Crippen molar-refractivity contribution in [3.63, 3.8) is 0 Å². The summed E-state index contributed by atoms with van der Waals surface area (Å²) in [6.07, 6.45) is 6.50. The van der Waals surface area contributed by atoms with Crippen LogP contribution in [0.25, 0.3) is 0 Å². The van der Waals surface area contributed by atoms with Crippen LogP contribution in [0, 0.1) is 6.92 Å². The lowest BCUT2D eigenvalue weighted by Gasteiger charge is -2.24. The number of nitrogens with one attached hydrogen (secondary N) is 2. The molecule has 1 amide bonds. The zero-order valence-corrected chi connectivity index (χ0v) is 15.8. The van der Waals surface area contributed by atoms with Gasteiger partial charge in [-0.1, -0.05) is 43.5 Å². The zero-order valence-electron chi connectivity index (χ0n) is 15.8. The number of carbonyl (C=O) groups excluding carboxylic acids is 1. The molecule has 0 bridgehead atoms. The van der Waals surface area contributed by atoms with E-state index in [1.807, 2.05) is 7.05 Å². The SMILES string of the molecule is CN=C(NCCC(=O)NC1CCCCC1)N(C)Cc1ccccc1C. The summed E-state index contributed by atoms with van der Waals surface area (Å²) in [6, 6.07) is 8.74. The van der Waals surface area contributed by atoms with Crippen LogP contribution < -0.4 is 10.6 Å². The Morgan fingerprint density at radius 1 is 1.24 bits per heavy atom. The van der Waals surface area contributed by atoms with Gasteiger partial charge in [0.25, 0.3) is 0 Å². The van der Waals surface area contributed by atoms with E-state index in [1.54, 1.807) is 7.05 Å². The Labute approximate surface area is 151 Å². The number of aryl methyl sites for hydroxylation is 1. The molecule has 0 heterocycles. The molecule has 0 atom stereocenters. The second kappa shape index (κ2) is 10.1. The van der Waals surface area contributed by atoms with Gasteiger partial charge in [0.1, 0.15) is 0 Å². The van der Waals surface area contributed by atoms with Gasteiger partial charge in [-0.15, -0.1) is 0 Å². The minimum absolute atomic E-state index is 0.136. The van der Waals surface area contributed by atoms with Crippen LogP contribution in [0.5, 0.6) is 0 Å². The number of rotatable bonds is 6. The quantitative estimate of drug-likeness (QED) is 0.616. The van der Waals surface area contributed by atoms with Crippen LogP contribution in [0.2, 0.25) is 0 Å². The van der Waals surface area contributed by atoms with E-state index in [-0.39, 0.29) is 5.91 Å². The molecule has 1 aromatic rings. The number of benzene rings is 1. The van der Waals surface area contributed by atoms with Gasteiger partial charge in [-0.05, 0) is 30.9 Å². The third kappa shape index (κ3) is 6.40. The van der Waals surface area contributed by atoms with Crippen LogP contribution in [0.1, 0.15) is 49.7 Å².